The van der Waals surface area contributed by atoms with E-state index in [4.69, 9.17) is 9.72 Å². The molecule has 2 aliphatic carbocycles. The van der Waals surface area contributed by atoms with Gasteiger partial charge in [-0.1, -0.05) is 37.3 Å². The number of allylic oxidation sites excluding steroid dienone is 3. The average Bonchev–Trinajstić information content (AvgIpc) is 3.96. The molecule has 4 unspecified atom stereocenters. The van der Waals surface area contributed by atoms with Gasteiger partial charge in [-0.2, -0.15) is 0 Å². The molecule has 58 heavy (non-hydrogen) atoms. The molecule has 4 atom stereocenters. The number of benzene rings is 2. The maximum atomic E-state index is 12.4. The van der Waals surface area contributed by atoms with Gasteiger partial charge in [-0.15, -0.1) is 0 Å². The van der Waals surface area contributed by atoms with Crippen molar-refractivity contribution in [2.24, 2.45) is 11.8 Å². The standard InChI is InChI=1S/C46H61N9O3/c1-8-37(10-9-21-49-46-20-19-33(26-35(46)28-46)39-17-18-41(56)52-43(39)57)54-22-24-55(25-23-54)38-15-13-36(14-16-38)50-45-48-29-34-12-11-32(27-40(34)51-45)30(2)31(3)42(47-4)44(58-7)53(5)6/h11-16,19-20,26-27,29,35,37,39,47,49H,8-10,17-18,21-25,28H2,1-7H3,(H,48,50,51)(H,52,56,57)/b31-30+,44-42-. The van der Waals surface area contributed by atoms with E-state index in [1.807, 2.05) is 32.2 Å². The molecular formula is C46H61N9O3. The molecule has 2 aliphatic heterocycles. The van der Waals surface area contributed by atoms with E-state index in [2.05, 4.69) is 118 Å². The first kappa shape index (κ1) is 41.0. The first-order chi connectivity index (χ1) is 28.0. The molecule has 3 heterocycles. The number of nitrogens with zero attached hydrogens (tertiary/aromatic N) is 5. The van der Waals surface area contributed by atoms with Crippen LogP contribution in [-0.4, -0.2) is 104 Å². The van der Waals surface area contributed by atoms with Crippen LogP contribution in [0.5, 0.6) is 0 Å². The number of piperazine rings is 1. The van der Waals surface area contributed by atoms with Crippen molar-refractivity contribution < 1.29 is 14.3 Å². The molecule has 308 valence electrons. The van der Waals surface area contributed by atoms with Crippen LogP contribution in [-0.2, 0) is 14.3 Å². The summed E-state index contributed by atoms with van der Waals surface area (Å²) in [7, 11) is 7.55. The summed E-state index contributed by atoms with van der Waals surface area (Å²) < 4.78 is 5.68. The van der Waals surface area contributed by atoms with Gasteiger partial charge in [-0.05, 0) is 105 Å². The highest BCUT2D eigenvalue weighted by molar-refractivity contribution is 6.00. The molecule has 3 aromatic rings. The Morgan fingerprint density at radius 3 is 2.53 bits per heavy atom. The molecule has 1 saturated carbocycles. The minimum absolute atomic E-state index is 0.0439. The fourth-order valence-corrected chi connectivity index (χ4v) is 8.96. The highest BCUT2D eigenvalue weighted by Crippen LogP contribution is 2.50. The minimum Gasteiger partial charge on any atom is -0.481 e. The fraction of sp³-hybridized carbons (Fsp3) is 0.478. The Bertz CT molecular complexity index is 2120. The van der Waals surface area contributed by atoms with Crippen LogP contribution in [0.4, 0.5) is 17.3 Å². The average molecular weight is 788 g/mol. The van der Waals surface area contributed by atoms with Gasteiger partial charge in [0.1, 0.15) is 0 Å². The number of imide groups is 1. The number of carbonyl (C=O) groups excluding carboxylic acids is 2. The number of ether oxygens (including phenoxy) is 1. The zero-order valence-corrected chi connectivity index (χ0v) is 35.3. The van der Waals surface area contributed by atoms with E-state index in [0.717, 1.165) is 102 Å². The lowest BCUT2D eigenvalue weighted by atomic mass is 9.86. The molecule has 2 amide bonds. The smallest absolute Gasteiger partial charge is 0.234 e. The van der Waals surface area contributed by atoms with Crippen LogP contribution < -0.4 is 26.2 Å². The Kier molecular flexibility index (Phi) is 12.5. The van der Waals surface area contributed by atoms with E-state index in [1.54, 1.807) is 7.11 Å². The van der Waals surface area contributed by atoms with Gasteiger partial charge in [0.2, 0.25) is 23.6 Å². The van der Waals surface area contributed by atoms with Crippen LogP contribution in [0.1, 0.15) is 64.9 Å². The zero-order valence-electron chi connectivity index (χ0n) is 35.3. The molecule has 4 aliphatic rings. The number of hydrogen-bond donors (Lipinski definition) is 4. The topological polar surface area (TPSA) is 127 Å². The summed E-state index contributed by atoms with van der Waals surface area (Å²) in [5, 5.41) is 14.1. The number of rotatable bonds is 16. The molecular weight excluding hydrogens is 727 g/mol. The normalized spacial score (nSPS) is 23.3. The Morgan fingerprint density at radius 2 is 1.86 bits per heavy atom. The van der Waals surface area contributed by atoms with Crippen molar-refractivity contribution >= 4 is 45.6 Å². The van der Waals surface area contributed by atoms with Gasteiger partial charge in [-0.3, -0.25) is 19.8 Å². The number of fused-ring (bicyclic) bond motifs is 2. The van der Waals surface area contributed by atoms with Crippen LogP contribution in [0.2, 0.25) is 0 Å². The van der Waals surface area contributed by atoms with Gasteiger partial charge < -0.3 is 30.5 Å². The van der Waals surface area contributed by atoms with E-state index in [1.165, 1.54) is 12.1 Å². The third-order valence-electron chi connectivity index (χ3n) is 12.6. The predicted octanol–water partition coefficient (Wildman–Crippen LogP) is 6.34. The van der Waals surface area contributed by atoms with Gasteiger partial charge in [0.05, 0.1) is 24.2 Å². The van der Waals surface area contributed by atoms with E-state index < -0.39 is 0 Å². The molecule has 12 nitrogen and oxygen atoms in total. The van der Waals surface area contributed by atoms with Crippen molar-refractivity contribution in [3.63, 3.8) is 0 Å². The lowest BCUT2D eigenvalue weighted by Crippen LogP contribution is -2.50. The second kappa shape index (κ2) is 17.7. The molecule has 2 aromatic carbocycles. The fourth-order valence-electron chi connectivity index (χ4n) is 8.96. The summed E-state index contributed by atoms with van der Waals surface area (Å²) in [6, 6.07) is 15.5. The third kappa shape index (κ3) is 8.93. The van der Waals surface area contributed by atoms with Gasteiger partial charge in [0.15, 0.2) is 0 Å². The Morgan fingerprint density at radius 1 is 1.09 bits per heavy atom. The SMILES string of the molecule is CCC(CCCNC12C=CC(C3CCC(=O)NC3=O)=CC1C2)N1CCN(c2ccc(Nc3ncc4ccc(/C(C)=C(C)/C(NC)=C(/OC)N(C)C)cc4n3)cc2)CC1. The summed E-state index contributed by atoms with van der Waals surface area (Å²) >= 11 is 0. The van der Waals surface area contributed by atoms with E-state index in [9.17, 15) is 9.59 Å². The number of amides is 2. The largest absolute Gasteiger partial charge is 0.481 e. The number of carbonyl (C=O) groups is 2. The van der Waals surface area contributed by atoms with Crippen molar-refractivity contribution in [1.29, 1.82) is 0 Å². The first-order valence-corrected chi connectivity index (χ1v) is 21.0. The second-order valence-electron chi connectivity index (χ2n) is 16.4. The van der Waals surface area contributed by atoms with E-state index in [-0.39, 0.29) is 23.3 Å². The highest BCUT2D eigenvalue weighted by atomic mass is 16.5. The second-order valence-corrected chi connectivity index (χ2v) is 16.4. The van der Waals surface area contributed by atoms with Crippen LogP contribution in [0.3, 0.4) is 0 Å². The quantitative estimate of drug-likeness (QED) is 0.0563. The van der Waals surface area contributed by atoms with E-state index >= 15 is 0 Å². The number of anilines is 3. The van der Waals surface area contributed by atoms with Gasteiger partial charge in [-0.25, -0.2) is 9.97 Å². The maximum Gasteiger partial charge on any atom is 0.234 e. The van der Waals surface area contributed by atoms with Gasteiger partial charge >= 0.3 is 0 Å². The minimum atomic E-state index is -0.195. The number of piperidine rings is 1. The van der Waals surface area contributed by atoms with Crippen LogP contribution in [0.25, 0.3) is 16.5 Å². The molecule has 4 N–H and O–H groups in total. The molecule has 0 spiro atoms. The summed E-state index contributed by atoms with van der Waals surface area (Å²) in [5.74, 6) is 1.28. The summed E-state index contributed by atoms with van der Waals surface area (Å²) in [6.45, 7) is 11.7. The zero-order chi connectivity index (χ0) is 41.0. The number of aromatic nitrogens is 2. The lowest BCUT2D eigenvalue weighted by molar-refractivity contribution is -0.135. The molecule has 3 fully saturated rings. The summed E-state index contributed by atoms with van der Waals surface area (Å²) in [6.07, 6.45) is 14.1. The number of methoxy groups -OCH3 is 1. The van der Waals surface area contributed by atoms with E-state index in [0.29, 0.717) is 30.7 Å². The monoisotopic (exact) mass is 787 g/mol. The number of nitrogens with one attached hydrogen (secondary N) is 4. The van der Waals surface area contributed by atoms with Gasteiger partial charge in [0.25, 0.3) is 0 Å². The van der Waals surface area contributed by atoms with Gasteiger partial charge in [0, 0.05) is 94.2 Å². The van der Waals surface area contributed by atoms with Crippen LogP contribution in [0, 0.1) is 11.8 Å². The molecule has 1 aromatic heterocycles. The predicted molar refractivity (Wildman–Crippen MR) is 233 cm³/mol. The number of likely N-dealkylation sites (N-methyl/N-ethyl adjacent to an activating group) is 1. The maximum absolute atomic E-state index is 12.4. The third-order valence-corrected chi connectivity index (χ3v) is 12.6. The van der Waals surface area contributed by atoms with Crippen LogP contribution >= 0.6 is 0 Å². The summed E-state index contributed by atoms with van der Waals surface area (Å²) in [5.41, 5.74) is 8.46. The molecule has 12 heteroatoms. The number of hydrogen-bond acceptors (Lipinski definition) is 11. The van der Waals surface area contributed by atoms with Crippen LogP contribution in [0.15, 0.2) is 89.6 Å². The molecule has 7 rings (SSSR count). The van der Waals surface area contributed by atoms with Crippen molar-refractivity contribution in [1.82, 2.24) is 35.7 Å². The Hall–Kier alpha value is -5.20. The Balaban J connectivity index is 0.881. The molecule has 2 saturated heterocycles. The van der Waals surface area contributed by atoms with Crippen molar-refractivity contribution in [3.8, 4) is 0 Å². The molecule has 0 bridgehead atoms. The first-order valence-electron chi connectivity index (χ1n) is 21.0. The lowest BCUT2D eigenvalue weighted by Gasteiger charge is -2.40. The Labute approximate surface area is 343 Å². The van der Waals surface area contributed by atoms with Crippen molar-refractivity contribution in [2.45, 2.75) is 70.9 Å². The van der Waals surface area contributed by atoms with Crippen molar-refractivity contribution in [2.75, 3.05) is 71.2 Å². The summed E-state index contributed by atoms with van der Waals surface area (Å²) in [4.78, 5) is 40.6. The highest BCUT2D eigenvalue weighted by Gasteiger charge is 2.52. The van der Waals surface area contributed by atoms with Crippen molar-refractivity contribution in [3.05, 3.63) is 95.2 Å². The molecule has 0 radical (unpaired) electrons.